The number of allylic oxidation sites excluding steroid dienone is 1. The Morgan fingerprint density at radius 2 is 2.06 bits per heavy atom. The molecule has 0 aliphatic heterocycles. The lowest BCUT2D eigenvalue weighted by molar-refractivity contribution is 0.0432. The molecule has 1 N–H and O–H groups in total. The molecule has 0 aromatic rings. The molecule has 0 amide bonds. The molecule has 0 radical (unpaired) electrons. The first kappa shape index (κ1) is 15.5. The minimum atomic E-state index is -0.369. The molecule has 18 heavy (non-hydrogen) atoms. The Morgan fingerprint density at radius 3 is 2.50 bits per heavy atom. The van der Waals surface area contributed by atoms with Crippen molar-refractivity contribution in [2.45, 2.75) is 59.5 Å². The van der Waals surface area contributed by atoms with Crippen LogP contribution in [0.5, 0.6) is 0 Å². The third kappa shape index (κ3) is 2.88. The van der Waals surface area contributed by atoms with Gasteiger partial charge in [-0.3, -0.25) is 0 Å². The van der Waals surface area contributed by atoms with E-state index in [1.54, 1.807) is 0 Å². The number of hydrogen-bond donors (Lipinski definition) is 1. The van der Waals surface area contributed by atoms with E-state index in [0.717, 1.165) is 18.4 Å². The number of aliphatic hydroxyl groups excluding tert-OH is 1. The van der Waals surface area contributed by atoms with Crippen molar-refractivity contribution in [3.8, 4) is 0 Å². The fourth-order valence-corrected chi connectivity index (χ4v) is 3.96. The van der Waals surface area contributed by atoms with Gasteiger partial charge in [0.05, 0.1) is 6.10 Å². The largest absolute Gasteiger partial charge is 0.389 e. The van der Waals surface area contributed by atoms with E-state index in [0.29, 0.717) is 17.8 Å². The maximum atomic E-state index is 10.3. The van der Waals surface area contributed by atoms with Gasteiger partial charge in [-0.2, -0.15) is 0 Å². The van der Waals surface area contributed by atoms with Gasteiger partial charge in [-0.05, 0) is 55.8 Å². The number of aliphatic hydroxyl groups is 1. The van der Waals surface area contributed by atoms with Gasteiger partial charge in [-0.15, -0.1) is 6.58 Å². The Labute approximate surface area is 113 Å². The zero-order chi connectivity index (χ0) is 13.9. The highest BCUT2D eigenvalue weighted by Gasteiger charge is 2.48. The molecule has 0 unspecified atom stereocenters. The highest BCUT2D eigenvalue weighted by molar-refractivity contribution is 5.06. The lowest BCUT2D eigenvalue weighted by atomic mass is 9.63. The van der Waals surface area contributed by atoms with Crippen LogP contribution in [0.4, 0.5) is 0 Å². The molecule has 0 heterocycles. The van der Waals surface area contributed by atoms with Gasteiger partial charge in [-0.1, -0.05) is 39.0 Å². The monoisotopic (exact) mass is 250 g/mol. The van der Waals surface area contributed by atoms with E-state index < -0.39 is 0 Å². The van der Waals surface area contributed by atoms with E-state index in [2.05, 4.69) is 33.9 Å². The molecular formula is C17H30O. The molecule has 1 fully saturated rings. The van der Waals surface area contributed by atoms with Crippen LogP contribution in [-0.4, -0.2) is 11.2 Å². The van der Waals surface area contributed by atoms with Crippen molar-refractivity contribution in [3.63, 3.8) is 0 Å². The molecular weight excluding hydrogens is 220 g/mol. The molecule has 0 aromatic carbocycles. The molecule has 0 aromatic heterocycles. The molecule has 1 rings (SSSR count). The lowest BCUT2D eigenvalue weighted by Gasteiger charge is -2.42. The van der Waals surface area contributed by atoms with E-state index in [1.165, 1.54) is 12.8 Å². The quantitative estimate of drug-likeness (QED) is 0.684. The zero-order valence-corrected chi connectivity index (χ0v) is 12.6. The third-order valence-corrected chi connectivity index (χ3v) is 5.10. The smallest absolute Gasteiger partial charge is 0.0750 e. The second-order valence-corrected chi connectivity index (χ2v) is 6.62. The molecule has 1 nitrogen and oxygen atoms in total. The van der Waals surface area contributed by atoms with Gasteiger partial charge in [-0.25, -0.2) is 0 Å². The molecule has 1 aliphatic rings. The van der Waals surface area contributed by atoms with Gasteiger partial charge in [0, 0.05) is 0 Å². The Bertz CT molecular complexity index is 305. The summed E-state index contributed by atoms with van der Waals surface area (Å²) in [5.41, 5.74) is 1.11. The van der Waals surface area contributed by atoms with E-state index in [-0.39, 0.29) is 11.5 Å². The summed E-state index contributed by atoms with van der Waals surface area (Å²) in [6.07, 6.45) is 6.10. The molecule has 1 heteroatoms. The van der Waals surface area contributed by atoms with Crippen molar-refractivity contribution in [2.75, 3.05) is 0 Å². The SMILES string of the molecule is C=CC[C@@]1(C[C@@H](O)C(=C)C)[C@H](C)CC[C@@H]1C(C)C. The molecule has 0 spiro atoms. The van der Waals surface area contributed by atoms with Crippen molar-refractivity contribution in [1.29, 1.82) is 0 Å². The summed E-state index contributed by atoms with van der Waals surface area (Å²) >= 11 is 0. The maximum absolute atomic E-state index is 10.3. The van der Waals surface area contributed by atoms with Gasteiger partial charge in [0.1, 0.15) is 0 Å². The summed E-state index contributed by atoms with van der Waals surface area (Å²) < 4.78 is 0. The van der Waals surface area contributed by atoms with E-state index in [1.807, 2.05) is 13.0 Å². The Morgan fingerprint density at radius 1 is 1.44 bits per heavy atom. The molecule has 0 bridgehead atoms. The van der Waals surface area contributed by atoms with Crippen molar-refractivity contribution >= 4 is 0 Å². The summed E-state index contributed by atoms with van der Waals surface area (Å²) in [6, 6.07) is 0. The van der Waals surface area contributed by atoms with Crippen LogP contribution in [-0.2, 0) is 0 Å². The zero-order valence-electron chi connectivity index (χ0n) is 12.6. The van der Waals surface area contributed by atoms with Gasteiger partial charge < -0.3 is 5.11 Å². The normalized spacial score (nSPS) is 33.7. The molecule has 1 saturated carbocycles. The van der Waals surface area contributed by atoms with E-state index in [4.69, 9.17) is 0 Å². The summed E-state index contributed by atoms with van der Waals surface area (Å²) in [5.74, 6) is 2.03. The van der Waals surface area contributed by atoms with Crippen LogP contribution in [0.15, 0.2) is 24.8 Å². The second-order valence-electron chi connectivity index (χ2n) is 6.62. The Kier molecular flexibility index (Phi) is 5.21. The fourth-order valence-electron chi connectivity index (χ4n) is 3.96. The van der Waals surface area contributed by atoms with E-state index in [9.17, 15) is 5.11 Å². The van der Waals surface area contributed by atoms with Crippen molar-refractivity contribution in [2.24, 2.45) is 23.2 Å². The van der Waals surface area contributed by atoms with Crippen molar-refractivity contribution in [1.82, 2.24) is 0 Å². The van der Waals surface area contributed by atoms with E-state index >= 15 is 0 Å². The second kappa shape index (κ2) is 6.06. The molecule has 1 aliphatic carbocycles. The molecule has 4 atom stereocenters. The average Bonchev–Trinajstić information content (AvgIpc) is 2.57. The summed E-state index contributed by atoms with van der Waals surface area (Å²) in [5, 5.41) is 10.3. The first-order chi connectivity index (χ1) is 8.35. The van der Waals surface area contributed by atoms with Crippen LogP contribution in [0.1, 0.15) is 53.4 Å². The lowest BCUT2D eigenvalue weighted by Crippen LogP contribution is -2.37. The average molecular weight is 250 g/mol. The predicted molar refractivity (Wildman–Crippen MR) is 79.4 cm³/mol. The summed E-state index contributed by atoms with van der Waals surface area (Å²) in [4.78, 5) is 0. The summed E-state index contributed by atoms with van der Waals surface area (Å²) in [7, 11) is 0. The molecule has 0 saturated heterocycles. The van der Waals surface area contributed by atoms with Crippen LogP contribution < -0.4 is 0 Å². The van der Waals surface area contributed by atoms with Crippen LogP contribution in [0.2, 0.25) is 0 Å². The molecule has 104 valence electrons. The topological polar surface area (TPSA) is 20.2 Å². The van der Waals surface area contributed by atoms with Crippen LogP contribution >= 0.6 is 0 Å². The van der Waals surface area contributed by atoms with Gasteiger partial charge in [0.15, 0.2) is 0 Å². The highest BCUT2D eigenvalue weighted by Crippen LogP contribution is 2.56. The van der Waals surface area contributed by atoms with Crippen LogP contribution in [0.3, 0.4) is 0 Å². The standard InChI is InChI=1S/C17H30O/c1-7-10-17(11-16(18)13(4)5)14(6)8-9-15(17)12(2)3/h7,12,14-16,18H,1,4,8-11H2,2-3,5-6H3/t14-,15-,16-,17-/m1/s1. The van der Waals surface area contributed by atoms with Gasteiger partial charge in [0.25, 0.3) is 0 Å². The Hall–Kier alpha value is -0.560. The predicted octanol–water partition coefficient (Wildman–Crippen LogP) is 4.58. The van der Waals surface area contributed by atoms with Crippen LogP contribution in [0.25, 0.3) is 0 Å². The maximum Gasteiger partial charge on any atom is 0.0750 e. The van der Waals surface area contributed by atoms with Crippen LogP contribution in [0, 0.1) is 23.2 Å². The van der Waals surface area contributed by atoms with Gasteiger partial charge >= 0.3 is 0 Å². The van der Waals surface area contributed by atoms with Crippen molar-refractivity contribution in [3.05, 3.63) is 24.8 Å². The number of rotatable bonds is 6. The number of hydrogen-bond acceptors (Lipinski definition) is 1. The highest BCUT2D eigenvalue weighted by atomic mass is 16.3. The van der Waals surface area contributed by atoms with Crippen molar-refractivity contribution < 1.29 is 5.11 Å². The van der Waals surface area contributed by atoms with Gasteiger partial charge in [0.2, 0.25) is 0 Å². The third-order valence-electron chi connectivity index (χ3n) is 5.10. The minimum absolute atomic E-state index is 0.217. The minimum Gasteiger partial charge on any atom is -0.389 e. The summed E-state index contributed by atoms with van der Waals surface area (Å²) in [6.45, 7) is 16.8. The first-order valence-electron chi connectivity index (χ1n) is 7.29. The first-order valence-corrected chi connectivity index (χ1v) is 7.29. The fraction of sp³-hybridized carbons (Fsp3) is 0.765. The Balaban J connectivity index is 3.01.